The van der Waals surface area contributed by atoms with Crippen LogP contribution in [0.25, 0.3) is 0 Å². The largest absolute Gasteiger partial charge is 0.482 e. The number of carbonyl (C=O) groups excluding carboxylic acids is 2. The van der Waals surface area contributed by atoms with Crippen LogP contribution in [0, 0.1) is 0 Å². The first-order valence-corrected chi connectivity index (χ1v) is 7.69. The van der Waals surface area contributed by atoms with Crippen LogP contribution in [0.15, 0.2) is 18.2 Å². The topological polar surface area (TPSA) is 76.1 Å². The number of rotatable bonds is 8. The number of hydrogen-bond acceptors (Lipinski definition) is 5. The maximum atomic E-state index is 12.2. The van der Waals surface area contributed by atoms with E-state index in [1.807, 2.05) is 0 Å². The minimum absolute atomic E-state index is 0.0384. The molecule has 0 saturated heterocycles. The molecule has 1 atom stereocenters. The van der Waals surface area contributed by atoms with Gasteiger partial charge in [-0.25, -0.2) is 0 Å². The molecule has 1 N–H and O–H groups in total. The quantitative estimate of drug-likeness (QED) is 0.716. The third-order valence-corrected chi connectivity index (χ3v) is 3.43. The Morgan fingerprint density at radius 3 is 2.61 bits per heavy atom. The number of ether oxygens (including phenoxy) is 2. The molecule has 0 aromatic heterocycles. The number of methoxy groups -OCH3 is 1. The van der Waals surface area contributed by atoms with Gasteiger partial charge in [0, 0.05) is 18.1 Å². The minimum Gasteiger partial charge on any atom is -0.482 e. The van der Waals surface area contributed by atoms with Gasteiger partial charge in [-0.2, -0.15) is 0 Å². The number of benzene rings is 1. The Balaban J connectivity index is 2.63. The van der Waals surface area contributed by atoms with Gasteiger partial charge in [0.15, 0.2) is 6.61 Å². The van der Waals surface area contributed by atoms with E-state index in [0.29, 0.717) is 15.8 Å². The molecule has 23 heavy (non-hydrogen) atoms. The van der Waals surface area contributed by atoms with Crippen molar-refractivity contribution in [3.8, 4) is 5.75 Å². The zero-order valence-corrected chi connectivity index (χ0v) is 14.4. The standard InChI is InChI=1S/C15H19Cl2NO5/c1-10(19)8-18(6-5-15(21)22-2)14(20)9-23-13-4-3-11(16)7-12(13)17/h3-4,7,10,19H,5-6,8-9H2,1-2H3. The van der Waals surface area contributed by atoms with Crippen molar-refractivity contribution in [2.24, 2.45) is 0 Å². The summed E-state index contributed by atoms with van der Waals surface area (Å²) < 4.78 is 9.91. The van der Waals surface area contributed by atoms with Crippen molar-refractivity contribution in [2.45, 2.75) is 19.4 Å². The molecular weight excluding hydrogens is 345 g/mol. The van der Waals surface area contributed by atoms with E-state index in [-0.39, 0.29) is 32.0 Å². The molecule has 1 aromatic carbocycles. The van der Waals surface area contributed by atoms with E-state index in [1.165, 1.54) is 18.1 Å². The first-order valence-electron chi connectivity index (χ1n) is 6.94. The number of hydrogen-bond donors (Lipinski definition) is 1. The minimum atomic E-state index is -0.726. The van der Waals surface area contributed by atoms with E-state index < -0.39 is 12.1 Å². The number of nitrogens with zero attached hydrogens (tertiary/aromatic N) is 1. The highest BCUT2D eigenvalue weighted by Crippen LogP contribution is 2.27. The highest BCUT2D eigenvalue weighted by molar-refractivity contribution is 6.35. The van der Waals surface area contributed by atoms with Gasteiger partial charge in [-0.05, 0) is 25.1 Å². The van der Waals surface area contributed by atoms with Crippen molar-refractivity contribution in [3.05, 3.63) is 28.2 Å². The van der Waals surface area contributed by atoms with Crippen molar-refractivity contribution in [1.29, 1.82) is 0 Å². The Morgan fingerprint density at radius 2 is 2.04 bits per heavy atom. The van der Waals surface area contributed by atoms with Gasteiger partial charge in [0.2, 0.25) is 0 Å². The van der Waals surface area contributed by atoms with Gasteiger partial charge in [-0.15, -0.1) is 0 Å². The molecule has 8 heteroatoms. The van der Waals surface area contributed by atoms with Crippen LogP contribution in [-0.4, -0.2) is 54.8 Å². The average molecular weight is 364 g/mol. The van der Waals surface area contributed by atoms with Crippen molar-refractivity contribution in [3.63, 3.8) is 0 Å². The SMILES string of the molecule is COC(=O)CCN(CC(C)O)C(=O)COc1ccc(Cl)cc1Cl. The molecule has 128 valence electrons. The van der Waals surface area contributed by atoms with Crippen LogP contribution >= 0.6 is 23.2 Å². The van der Waals surface area contributed by atoms with E-state index in [1.54, 1.807) is 19.1 Å². The Kier molecular flexibility index (Phi) is 8.16. The first kappa shape index (κ1) is 19.5. The number of aliphatic hydroxyl groups excluding tert-OH is 1. The lowest BCUT2D eigenvalue weighted by Crippen LogP contribution is -2.40. The van der Waals surface area contributed by atoms with Gasteiger partial charge in [-0.3, -0.25) is 9.59 Å². The van der Waals surface area contributed by atoms with Gasteiger partial charge >= 0.3 is 5.97 Å². The van der Waals surface area contributed by atoms with Crippen LogP contribution in [0.3, 0.4) is 0 Å². The normalized spacial score (nSPS) is 11.7. The summed E-state index contributed by atoms with van der Waals surface area (Å²) in [6, 6.07) is 4.66. The zero-order valence-electron chi connectivity index (χ0n) is 12.9. The van der Waals surface area contributed by atoms with Crippen LogP contribution in [0.5, 0.6) is 5.75 Å². The first-order chi connectivity index (χ1) is 10.8. The monoisotopic (exact) mass is 363 g/mol. The second-order valence-corrected chi connectivity index (χ2v) is 5.72. The van der Waals surface area contributed by atoms with Crippen LogP contribution in [0.2, 0.25) is 10.0 Å². The lowest BCUT2D eigenvalue weighted by atomic mass is 10.3. The molecule has 0 heterocycles. The zero-order chi connectivity index (χ0) is 17.4. The summed E-state index contributed by atoms with van der Waals surface area (Å²) in [5.41, 5.74) is 0. The number of halogens is 2. The summed E-state index contributed by atoms with van der Waals surface area (Å²) in [4.78, 5) is 24.7. The molecule has 0 saturated carbocycles. The van der Waals surface area contributed by atoms with E-state index in [2.05, 4.69) is 4.74 Å². The summed E-state index contributed by atoms with van der Waals surface area (Å²) in [7, 11) is 1.27. The number of amides is 1. The Labute approximate surface area is 144 Å². The predicted octanol–water partition coefficient (Wildman–Crippen LogP) is 2.14. The third-order valence-electron chi connectivity index (χ3n) is 2.90. The van der Waals surface area contributed by atoms with Crippen LogP contribution in [0.4, 0.5) is 0 Å². The van der Waals surface area contributed by atoms with Crippen molar-refractivity contribution in [2.75, 3.05) is 26.8 Å². The third kappa shape index (κ3) is 7.07. The summed E-state index contributed by atoms with van der Waals surface area (Å²) in [6.07, 6.45) is -0.688. The van der Waals surface area contributed by atoms with E-state index in [0.717, 1.165) is 0 Å². The summed E-state index contributed by atoms with van der Waals surface area (Å²) in [5, 5.41) is 10.2. The van der Waals surface area contributed by atoms with Gasteiger partial charge in [0.1, 0.15) is 5.75 Å². The molecule has 0 aliphatic carbocycles. The lowest BCUT2D eigenvalue weighted by Gasteiger charge is -2.23. The molecule has 1 amide bonds. The summed E-state index contributed by atoms with van der Waals surface area (Å²) in [5.74, 6) is -0.481. The van der Waals surface area contributed by atoms with Crippen molar-refractivity contribution in [1.82, 2.24) is 4.90 Å². The molecule has 0 fully saturated rings. The van der Waals surface area contributed by atoms with E-state index in [9.17, 15) is 14.7 Å². The molecule has 1 aromatic rings. The molecule has 0 bridgehead atoms. The average Bonchev–Trinajstić information content (AvgIpc) is 2.49. The molecule has 0 spiro atoms. The molecule has 6 nitrogen and oxygen atoms in total. The Hall–Kier alpha value is -1.50. The van der Waals surface area contributed by atoms with E-state index >= 15 is 0 Å². The maximum absolute atomic E-state index is 12.2. The van der Waals surface area contributed by atoms with Gasteiger partial charge in [0.25, 0.3) is 5.91 Å². The second-order valence-electron chi connectivity index (χ2n) is 4.88. The highest BCUT2D eigenvalue weighted by Gasteiger charge is 2.18. The van der Waals surface area contributed by atoms with E-state index in [4.69, 9.17) is 27.9 Å². The molecule has 1 unspecified atom stereocenters. The molecule has 0 aliphatic rings. The Bertz CT molecular complexity index is 551. The smallest absolute Gasteiger partial charge is 0.307 e. The van der Waals surface area contributed by atoms with Crippen LogP contribution in [0.1, 0.15) is 13.3 Å². The fourth-order valence-corrected chi connectivity index (χ4v) is 2.25. The van der Waals surface area contributed by atoms with Crippen molar-refractivity contribution >= 4 is 35.1 Å². The van der Waals surface area contributed by atoms with Gasteiger partial charge in [-0.1, -0.05) is 23.2 Å². The summed E-state index contributed by atoms with van der Waals surface area (Å²) in [6.45, 7) is 1.51. The fraction of sp³-hybridized carbons (Fsp3) is 0.467. The second kappa shape index (κ2) is 9.60. The van der Waals surface area contributed by atoms with Crippen LogP contribution < -0.4 is 4.74 Å². The molecule has 0 radical (unpaired) electrons. The number of carbonyl (C=O) groups is 2. The van der Waals surface area contributed by atoms with Gasteiger partial charge in [0.05, 0.1) is 24.7 Å². The fourth-order valence-electron chi connectivity index (χ4n) is 1.79. The van der Waals surface area contributed by atoms with Crippen molar-refractivity contribution < 1.29 is 24.2 Å². The lowest BCUT2D eigenvalue weighted by molar-refractivity contribution is -0.142. The van der Waals surface area contributed by atoms with Crippen LogP contribution in [-0.2, 0) is 14.3 Å². The van der Waals surface area contributed by atoms with Gasteiger partial charge < -0.3 is 19.5 Å². The number of aliphatic hydroxyl groups is 1. The Morgan fingerprint density at radius 1 is 1.35 bits per heavy atom. The molecular formula is C15H19Cl2NO5. The molecule has 0 aliphatic heterocycles. The highest BCUT2D eigenvalue weighted by atomic mass is 35.5. The number of esters is 1. The predicted molar refractivity (Wildman–Crippen MR) is 86.9 cm³/mol. The molecule has 1 rings (SSSR count). The maximum Gasteiger partial charge on any atom is 0.307 e. The summed E-state index contributed by atoms with van der Waals surface area (Å²) >= 11 is 11.7.